The van der Waals surface area contributed by atoms with E-state index in [4.69, 9.17) is 0 Å². The third kappa shape index (κ3) is 5.31. The highest BCUT2D eigenvalue weighted by molar-refractivity contribution is 7.16. The molecular formula is C27H31N7O2S. The van der Waals surface area contributed by atoms with Gasteiger partial charge in [-0.3, -0.25) is 0 Å². The molecule has 0 bridgehead atoms. The Morgan fingerprint density at radius 3 is 2.89 bits per heavy atom. The molecule has 0 atom stereocenters. The summed E-state index contributed by atoms with van der Waals surface area (Å²) in [5.41, 5.74) is 7.97. The molecule has 37 heavy (non-hydrogen) atoms. The molecule has 2 aliphatic rings. The molecule has 0 radical (unpaired) electrons. The van der Waals surface area contributed by atoms with E-state index in [-0.39, 0.29) is 12.1 Å². The molecule has 0 saturated carbocycles. The van der Waals surface area contributed by atoms with Gasteiger partial charge in [-0.15, -0.1) is 11.3 Å². The fraction of sp³-hybridized carbons (Fsp3) is 0.370. The van der Waals surface area contributed by atoms with E-state index in [0.29, 0.717) is 19.6 Å². The zero-order valence-corrected chi connectivity index (χ0v) is 21.4. The predicted molar refractivity (Wildman–Crippen MR) is 148 cm³/mol. The van der Waals surface area contributed by atoms with Crippen molar-refractivity contribution < 1.29 is 9.90 Å². The van der Waals surface area contributed by atoms with Gasteiger partial charge in [0.25, 0.3) is 0 Å². The largest absolute Gasteiger partial charge is 0.393 e. The van der Waals surface area contributed by atoms with Crippen LogP contribution >= 0.6 is 11.3 Å². The van der Waals surface area contributed by atoms with Gasteiger partial charge in [0.2, 0.25) is 0 Å². The van der Waals surface area contributed by atoms with Crippen LogP contribution in [0.15, 0.2) is 48.1 Å². The fourth-order valence-corrected chi connectivity index (χ4v) is 5.79. The van der Waals surface area contributed by atoms with Crippen molar-refractivity contribution in [1.82, 2.24) is 30.1 Å². The minimum absolute atomic E-state index is 0.0185. The first-order valence-corrected chi connectivity index (χ1v) is 13.7. The molecule has 1 saturated heterocycles. The summed E-state index contributed by atoms with van der Waals surface area (Å²) >= 11 is 1.63. The van der Waals surface area contributed by atoms with Gasteiger partial charge < -0.3 is 30.5 Å². The van der Waals surface area contributed by atoms with E-state index in [0.717, 1.165) is 77.2 Å². The number of H-pyrrole nitrogens is 1. The van der Waals surface area contributed by atoms with Gasteiger partial charge in [0, 0.05) is 62.2 Å². The molecule has 1 aromatic carbocycles. The molecule has 6 rings (SSSR count). The number of fused-ring (bicyclic) bond motifs is 2. The molecule has 5 heterocycles. The number of nitrogens with one attached hydrogen (secondary N) is 3. The maximum Gasteiger partial charge on any atom is 0.317 e. The number of aromatic amines is 1. The van der Waals surface area contributed by atoms with Crippen LogP contribution in [-0.4, -0.2) is 81.3 Å². The monoisotopic (exact) mass is 517 g/mol. The number of aliphatic hydroxyl groups is 1. The van der Waals surface area contributed by atoms with Crippen molar-refractivity contribution in [3.8, 4) is 0 Å². The lowest BCUT2D eigenvalue weighted by Crippen LogP contribution is -2.46. The summed E-state index contributed by atoms with van der Waals surface area (Å²) in [7, 11) is 0. The van der Waals surface area contributed by atoms with E-state index in [1.54, 1.807) is 11.3 Å². The number of piperidine rings is 1. The van der Waals surface area contributed by atoms with Gasteiger partial charge in [0.15, 0.2) is 0 Å². The summed E-state index contributed by atoms with van der Waals surface area (Å²) < 4.78 is 1.15. The lowest BCUT2D eigenvalue weighted by molar-refractivity contribution is 0.0830. The number of carbonyl (C=O) groups is 1. The number of amides is 2. The van der Waals surface area contributed by atoms with E-state index in [2.05, 4.69) is 48.7 Å². The second kappa shape index (κ2) is 10.5. The highest BCUT2D eigenvalue weighted by Crippen LogP contribution is 2.31. The summed E-state index contributed by atoms with van der Waals surface area (Å²) in [6, 6.07) is 10.3. The third-order valence-electron chi connectivity index (χ3n) is 7.25. The Morgan fingerprint density at radius 2 is 2.05 bits per heavy atom. The second-order valence-corrected chi connectivity index (χ2v) is 10.6. The van der Waals surface area contributed by atoms with Crippen LogP contribution in [0.4, 0.5) is 16.2 Å². The van der Waals surface area contributed by atoms with Crippen LogP contribution in [0.1, 0.15) is 25.0 Å². The van der Waals surface area contributed by atoms with Gasteiger partial charge in [0.1, 0.15) is 5.65 Å². The number of urea groups is 1. The maximum absolute atomic E-state index is 12.7. The molecule has 192 valence electrons. The topological polar surface area (TPSA) is 109 Å². The minimum atomic E-state index is -0.171. The molecule has 3 aromatic heterocycles. The van der Waals surface area contributed by atoms with Crippen molar-refractivity contribution in [3.05, 3.63) is 53.8 Å². The highest BCUT2D eigenvalue weighted by Gasteiger charge is 2.20. The average Bonchev–Trinajstić information content (AvgIpc) is 3.57. The van der Waals surface area contributed by atoms with Gasteiger partial charge in [0.05, 0.1) is 27.5 Å². The van der Waals surface area contributed by atoms with E-state index in [1.807, 2.05) is 34.8 Å². The van der Waals surface area contributed by atoms with Crippen LogP contribution in [-0.2, 0) is 0 Å². The number of hydrogen-bond acceptors (Lipinski definition) is 7. The van der Waals surface area contributed by atoms with Crippen molar-refractivity contribution in [1.29, 1.82) is 0 Å². The molecule has 2 amide bonds. The number of benzene rings is 1. The Morgan fingerprint density at radius 1 is 1.16 bits per heavy atom. The van der Waals surface area contributed by atoms with Crippen molar-refractivity contribution in [2.24, 2.45) is 0 Å². The fourth-order valence-electron chi connectivity index (χ4n) is 5.07. The number of rotatable bonds is 6. The maximum atomic E-state index is 12.7. The SMILES string of the molecule is O=C(NCCN1CCC(O)CC1)N1CC=C(c2cc3c(Nc4ccc5ncsc5c4)ccnc3[nH]2)CC1. The van der Waals surface area contributed by atoms with E-state index in [1.165, 1.54) is 5.57 Å². The number of aromatic nitrogens is 3. The number of thiazole rings is 1. The first-order valence-electron chi connectivity index (χ1n) is 12.8. The smallest absolute Gasteiger partial charge is 0.317 e. The van der Waals surface area contributed by atoms with Crippen molar-refractivity contribution in [2.75, 3.05) is 44.6 Å². The van der Waals surface area contributed by atoms with Gasteiger partial charge in [-0.05, 0) is 55.2 Å². The summed E-state index contributed by atoms with van der Waals surface area (Å²) in [4.78, 5) is 29.2. The Hall–Kier alpha value is -3.47. The minimum Gasteiger partial charge on any atom is -0.393 e. The van der Waals surface area contributed by atoms with Crippen LogP contribution in [0, 0.1) is 0 Å². The molecule has 1 fully saturated rings. The Balaban J connectivity index is 1.08. The van der Waals surface area contributed by atoms with Crippen LogP contribution < -0.4 is 10.6 Å². The second-order valence-electron chi connectivity index (χ2n) is 9.69. The number of aliphatic hydroxyl groups excluding tert-OH is 1. The normalized spacial score (nSPS) is 17.3. The summed E-state index contributed by atoms with van der Waals surface area (Å²) in [6.45, 7) is 4.50. The lowest BCUT2D eigenvalue weighted by atomic mass is 10.0. The highest BCUT2D eigenvalue weighted by atomic mass is 32.1. The quantitative estimate of drug-likeness (QED) is 0.306. The number of anilines is 2. The summed E-state index contributed by atoms with van der Waals surface area (Å²) in [5, 5.41) is 17.3. The first kappa shape index (κ1) is 23.9. The number of carbonyl (C=O) groups excluding carboxylic acids is 1. The van der Waals surface area contributed by atoms with E-state index < -0.39 is 0 Å². The number of nitrogens with zero attached hydrogens (tertiary/aromatic N) is 4. The Bertz CT molecular complexity index is 1440. The number of hydrogen-bond donors (Lipinski definition) is 4. The van der Waals surface area contributed by atoms with Gasteiger partial charge in [-0.1, -0.05) is 6.08 Å². The van der Waals surface area contributed by atoms with Crippen LogP contribution in [0.5, 0.6) is 0 Å². The molecule has 2 aliphatic heterocycles. The van der Waals surface area contributed by atoms with Crippen molar-refractivity contribution in [3.63, 3.8) is 0 Å². The van der Waals surface area contributed by atoms with Crippen molar-refractivity contribution >= 4 is 55.6 Å². The molecule has 4 aromatic rings. The molecule has 0 spiro atoms. The molecular weight excluding hydrogens is 486 g/mol. The number of pyridine rings is 1. The molecule has 4 N–H and O–H groups in total. The van der Waals surface area contributed by atoms with Gasteiger partial charge in [-0.2, -0.15) is 0 Å². The molecule has 0 unspecified atom stereocenters. The Labute approximate surface area is 219 Å². The molecule has 9 nitrogen and oxygen atoms in total. The molecule has 0 aliphatic carbocycles. The zero-order chi connectivity index (χ0) is 25.2. The van der Waals surface area contributed by atoms with Crippen LogP contribution in [0.2, 0.25) is 0 Å². The number of likely N-dealkylation sites (tertiary alicyclic amines) is 1. The average molecular weight is 518 g/mol. The van der Waals surface area contributed by atoms with Crippen molar-refractivity contribution in [2.45, 2.75) is 25.4 Å². The first-order chi connectivity index (χ1) is 18.1. The van der Waals surface area contributed by atoms with Crippen LogP contribution in [0.25, 0.3) is 26.8 Å². The van der Waals surface area contributed by atoms with E-state index >= 15 is 0 Å². The standard InChI is InChI=1S/C27H31N7O2S/c35-20-6-10-33(11-7-20)14-9-29-27(36)34-12-4-18(5-13-34)24-16-21-22(3-8-28-26(21)32-24)31-19-1-2-23-25(15-19)37-17-30-23/h1-4,8,15-17,20,35H,5-7,9-14H2,(H,29,36)(H2,28,31,32). The third-order valence-corrected chi connectivity index (χ3v) is 8.04. The summed E-state index contributed by atoms with van der Waals surface area (Å²) in [5.74, 6) is 0. The zero-order valence-electron chi connectivity index (χ0n) is 20.6. The van der Waals surface area contributed by atoms with Gasteiger partial charge in [-0.25, -0.2) is 14.8 Å². The summed E-state index contributed by atoms with van der Waals surface area (Å²) in [6.07, 6.45) is 6.19. The lowest BCUT2D eigenvalue weighted by Gasteiger charge is -2.30. The Kier molecular flexibility index (Phi) is 6.77. The van der Waals surface area contributed by atoms with Gasteiger partial charge >= 0.3 is 6.03 Å². The predicted octanol–water partition coefficient (Wildman–Crippen LogP) is 4.17. The molecule has 10 heteroatoms. The van der Waals surface area contributed by atoms with E-state index in [9.17, 15) is 9.90 Å². The van der Waals surface area contributed by atoms with Crippen LogP contribution in [0.3, 0.4) is 0 Å².